The maximum Gasteiger partial charge on any atom is 0.228 e. The van der Waals surface area contributed by atoms with Crippen molar-refractivity contribution in [2.75, 3.05) is 46.3 Å². The van der Waals surface area contributed by atoms with Crippen molar-refractivity contribution < 1.29 is 14.0 Å². The quantitative estimate of drug-likeness (QED) is 0.528. The van der Waals surface area contributed by atoms with Crippen molar-refractivity contribution in [1.29, 1.82) is 0 Å². The number of ether oxygens (including phenoxy) is 2. The molecule has 0 atom stereocenters. The topological polar surface area (TPSA) is 72.7 Å². The predicted molar refractivity (Wildman–Crippen MR) is 114 cm³/mol. The van der Waals surface area contributed by atoms with Crippen LogP contribution in [0.1, 0.15) is 11.5 Å². The molecule has 0 amide bonds. The molecule has 0 fully saturated rings. The number of nitrogens with one attached hydrogen (secondary N) is 1. The maximum atomic E-state index is 5.38. The summed E-state index contributed by atoms with van der Waals surface area (Å²) in [5.74, 6) is 2.75. The molecular formula is C22H28N4O3. The second-order valence-corrected chi connectivity index (χ2v) is 6.89. The first-order chi connectivity index (χ1) is 14.1. The summed E-state index contributed by atoms with van der Waals surface area (Å²) in [6.45, 7) is 1.62. The Balaban J connectivity index is 1.44. The second kappa shape index (κ2) is 9.93. The smallest absolute Gasteiger partial charge is 0.228 e. The molecule has 1 aromatic heterocycles. The van der Waals surface area contributed by atoms with E-state index < -0.39 is 0 Å². The number of anilines is 1. The fourth-order valence-corrected chi connectivity index (χ4v) is 2.97. The molecule has 0 aliphatic carbocycles. The van der Waals surface area contributed by atoms with Gasteiger partial charge in [0.25, 0.3) is 0 Å². The lowest BCUT2D eigenvalue weighted by Crippen LogP contribution is -2.20. The standard InChI is InChI=1S/C22H28N4O3/c1-26(2)18-8-6-17(7-9-18)22-24-21(29-25-22)12-14-23-13-11-16-5-10-19(27-3)20(15-16)28-4/h5-10,15,23H,11-14H2,1-4H3. The van der Waals surface area contributed by atoms with Crippen molar-refractivity contribution in [3.05, 3.63) is 53.9 Å². The fourth-order valence-electron chi connectivity index (χ4n) is 2.97. The van der Waals surface area contributed by atoms with Crippen LogP contribution in [0.3, 0.4) is 0 Å². The van der Waals surface area contributed by atoms with Crippen LogP contribution in [-0.4, -0.2) is 51.5 Å². The molecule has 3 rings (SSSR count). The van der Waals surface area contributed by atoms with Crippen LogP contribution in [0.25, 0.3) is 11.4 Å². The van der Waals surface area contributed by atoms with E-state index in [1.807, 2.05) is 50.5 Å². The summed E-state index contributed by atoms with van der Waals surface area (Å²) >= 11 is 0. The highest BCUT2D eigenvalue weighted by Gasteiger charge is 2.09. The molecule has 0 radical (unpaired) electrons. The van der Waals surface area contributed by atoms with Gasteiger partial charge < -0.3 is 24.2 Å². The van der Waals surface area contributed by atoms with Gasteiger partial charge in [-0.1, -0.05) is 11.2 Å². The number of hydrogen-bond donors (Lipinski definition) is 1. The molecule has 0 saturated carbocycles. The third kappa shape index (κ3) is 5.48. The van der Waals surface area contributed by atoms with Crippen LogP contribution in [0.2, 0.25) is 0 Å². The maximum absolute atomic E-state index is 5.38. The van der Waals surface area contributed by atoms with Crippen molar-refractivity contribution >= 4 is 5.69 Å². The first kappa shape index (κ1) is 20.7. The minimum absolute atomic E-state index is 0.621. The van der Waals surface area contributed by atoms with Crippen molar-refractivity contribution in [2.45, 2.75) is 12.8 Å². The van der Waals surface area contributed by atoms with Crippen LogP contribution in [0.5, 0.6) is 11.5 Å². The molecule has 0 unspecified atom stereocenters. The fraction of sp³-hybridized carbons (Fsp3) is 0.364. The lowest BCUT2D eigenvalue weighted by Gasteiger charge is -2.11. The Morgan fingerprint density at radius 3 is 2.34 bits per heavy atom. The summed E-state index contributed by atoms with van der Waals surface area (Å²) in [5.41, 5.74) is 3.28. The van der Waals surface area contributed by atoms with Gasteiger partial charge in [-0.2, -0.15) is 4.98 Å². The molecule has 0 saturated heterocycles. The first-order valence-electron chi connectivity index (χ1n) is 9.62. The van der Waals surface area contributed by atoms with Crippen molar-refractivity contribution in [2.24, 2.45) is 0 Å². The summed E-state index contributed by atoms with van der Waals surface area (Å²) in [5, 5.41) is 7.50. The van der Waals surface area contributed by atoms with Crippen LogP contribution in [0, 0.1) is 0 Å². The van der Waals surface area contributed by atoms with E-state index in [0.29, 0.717) is 18.1 Å². The monoisotopic (exact) mass is 396 g/mol. The zero-order valence-corrected chi connectivity index (χ0v) is 17.4. The van der Waals surface area contributed by atoms with E-state index in [9.17, 15) is 0 Å². The third-order valence-corrected chi connectivity index (χ3v) is 4.66. The molecule has 0 bridgehead atoms. The van der Waals surface area contributed by atoms with E-state index in [-0.39, 0.29) is 0 Å². The van der Waals surface area contributed by atoms with Gasteiger partial charge in [0.1, 0.15) is 0 Å². The number of methoxy groups -OCH3 is 2. The Kier molecular flexibility index (Phi) is 7.08. The Bertz CT molecular complexity index is 907. The van der Waals surface area contributed by atoms with Gasteiger partial charge in [-0.3, -0.25) is 0 Å². The molecular weight excluding hydrogens is 368 g/mol. The van der Waals surface area contributed by atoms with Gasteiger partial charge in [-0.15, -0.1) is 0 Å². The van der Waals surface area contributed by atoms with E-state index in [1.54, 1.807) is 14.2 Å². The van der Waals surface area contributed by atoms with Gasteiger partial charge in [-0.05, 0) is 54.9 Å². The molecule has 154 valence electrons. The first-order valence-corrected chi connectivity index (χ1v) is 9.62. The highest BCUT2D eigenvalue weighted by molar-refractivity contribution is 5.59. The molecule has 7 nitrogen and oxygen atoms in total. The van der Waals surface area contributed by atoms with E-state index in [1.165, 1.54) is 5.56 Å². The lowest BCUT2D eigenvalue weighted by atomic mass is 10.1. The number of aromatic nitrogens is 2. The van der Waals surface area contributed by atoms with Gasteiger partial charge in [0, 0.05) is 38.3 Å². The Labute approximate surface area is 171 Å². The number of rotatable bonds is 10. The van der Waals surface area contributed by atoms with Gasteiger partial charge in [0.15, 0.2) is 11.5 Å². The normalized spacial score (nSPS) is 10.8. The molecule has 1 N–H and O–H groups in total. The minimum atomic E-state index is 0.621. The average molecular weight is 396 g/mol. The molecule has 0 aliphatic heterocycles. The molecule has 29 heavy (non-hydrogen) atoms. The van der Waals surface area contributed by atoms with Crippen LogP contribution in [0.15, 0.2) is 47.0 Å². The largest absolute Gasteiger partial charge is 0.493 e. The van der Waals surface area contributed by atoms with Crippen LogP contribution in [0.4, 0.5) is 5.69 Å². The van der Waals surface area contributed by atoms with Gasteiger partial charge in [0.05, 0.1) is 14.2 Å². The third-order valence-electron chi connectivity index (χ3n) is 4.66. The van der Waals surface area contributed by atoms with Crippen LogP contribution in [-0.2, 0) is 12.8 Å². The number of benzene rings is 2. The van der Waals surface area contributed by atoms with Crippen molar-refractivity contribution in [1.82, 2.24) is 15.5 Å². The Morgan fingerprint density at radius 2 is 1.66 bits per heavy atom. The molecule has 0 spiro atoms. The Morgan fingerprint density at radius 1 is 0.931 bits per heavy atom. The van der Waals surface area contributed by atoms with E-state index in [0.717, 1.165) is 42.3 Å². The summed E-state index contributed by atoms with van der Waals surface area (Å²) in [6, 6.07) is 14.1. The Hall–Kier alpha value is -3.06. The van der Waals surface area contributed by atoms with Crippen LogP contribution < -0.4 is 19.7 Å². The minimum Gasteiger partial charge on any atom is -0.493 e. The zero-order chi connectivity index (χ0) is 20.6. The van der Waals surface area contributed by atoms with E-state index in [4.69, 9.17) is 14.0 Å². The van der Waals surface area contributed by atoms with E-state index >= 15 is 0 Å². The molecule has 7 heteroatoms. The molecule has 0 aliphatic rings. The summed E-state index contributed by atoms with van der Waals surface area (Å²) < 4.78 is 16.0. The molecule has 3 aromatic rings. The van der Waals surface area contributed by atoms with Crippen molar-refractivity contribution in [3.8, 4) is 22.9 Å². The number of hydrogen-bond acceptors (Lipinski definition) is 7. The summed E-state index contributed by atoms with van der Waals surface area (Å²) in [7, 11) is 7.31. The second-order valence-electron chi connectivity index (χ2n) is 6.89. The number of nitrogens with zero attached hydrogens (tertiary/aromatic N) is 3. The van der Waals surface area contributed by atoms with Gasteiger partial charge >= 0.3 is 0 Å². The van der Waals surface area contributed by atoms with E-state index in [2.05, 4.69) is 26.4 Å². The predicted octanol–water partition coefficient (Wildman–Crippen LogP) is 3.19. The lowest BCUT2D eigenvalue weighted by molar-refractivity contribution is 0.354. The SMILES string of the molecule is COc1ccc(CCNCCc2nc(-c3ccc(N(C)C)cc3)no2)cc1OC. The summed E-state index contributed by atoms with van der Waals surface area (Å²) in [4.78, 5) is 6.55. The van der Waals surface area contributed by atoms with Gasteiger partial charge in [-0.25, -0.2) is 0 Å². The van der Waals surface area contributed by atoms with Crippen LogP contribution >= 0.6 is 0 Å². The highest BCUT2D eigenvalue weighted by atomic mass is 16.5. The highest BCUT2D eigenvalue weighted by Crippen LogP contribution is 2.27. The average Bonchev–Trinajstić information content (AvgIpc) is 3.22. The van der Waals surface area contributed by atoms with Crippen molar-refractivity contribution in [3.63, 3.8) is 0 Å². The summed E-state index contributed by atoms with van der Waals surface area (Å²) in [6.07, 6.45) is 1.59. The molecule has 1 heterocycles. The zero-order valence-electron chi connectivity index (χ0n) is 17.4. The van der Waals surface area contributed by atoms with Gasteiger partial charge in [0.2, 0.25) is 11.7 Å². The molecule has 2 aromatic carbocycles.